The van der Waals surface area contributed by atoms with E-state index in [4.69, 9.17) is 14.5 Å². The minimum absolute atomic E-state index is 0.0427. The number of ether oxygens (including phenoxy) is 2. The predicted molar refractivity (Wildman–Crippen MR) is 141 cm³/mol. The highest BCUT2D eigenvalue weighted by Crippen LogP contribution is 2.25. The molecule has 0 saturated carbocycles. The molecule has 2 aliphatic heterocycles. The van der Waals surface area contributed by atoms with Crippen LogP contribution in [0, 0.1) is 0 Å². The first kappa shape index (κ1) is 28.0. The zero-order chi connectivity index (χ0) is 28.5. The molecule has 13 heteroatoms. The van der Waals surface area contributed by atoms with Crippen molar-refractivity contribution in [3.63, 3.8) is 0 Å². The van der Waals surface area contributed by atoms with Crippen molar-refractivity contribution >= 4 is 29.9 Å². The van der Waals surface area contributed by atoms with Crippen molar-refractivity contribution in [3.05, 3.63) is 35.4 Å². The number of amides is 1. The second-order valence-corrected chi connectivity index (χ2v) is 11.6. The fraction of sp³-hybridized carbons (Fsp3) is 0.577. The van der Waals surface area contributed by atoms with Gasteiger partial charge in [-0.15, -0.1) is 0 Å². The summed E-state index contributed by atoms with van der Waals surface area (Å²) in [6.07, 6.45) is 4.35. The highest BCUT2D eigenvalue weighted by Gasteiger charge is 2.38. The van der Waals surface area contributed by atoms with Crippen molar-refractivity contribution in [2.24, 2.45) is 0 Å². The molecule has 210 valence electrons. The molecule has 0 bridgehead atoms. The molecule has 2 aromatic heterocycles. The van der Waals surface area contributed by atoms with Gasteiger partial charge < -0.3 is 29.3 Å². The molecule has 1 fully saturated rings. The topological polar surface area (TPSA) is 151 Å². The lowest BCUT2D eigenvalue weighted by Gasteiger charge is -2.41. The van der Waals surface area contributed by atoms with E-state index < -0.39 is 29.2 Å². The molecule has 1 saturated heterocycles. The number of aromatic nitrogens is 4. The number of anilines is 2. The number of carbonyl (C=O) groups excluding carboxylic acids is 2. The third kappa shape index (κ3) is 6.89. The largest absolute Gasteiger partial charge is 0.478 e. The standard InChI is InChI=1S/C26H35N7O6/c1-25(2,3)38-21(36)19-15-31(9-10-33(19)22-27-11-16(12-28-22)20(34)35)23-29-13-17-14-32(8-7-18(17)30-23)24(37)39-26(4,5)6/h11-13,19H,7-10,14-15H2,1-6H3,(H,34,35). The molecule has 4 heterocycles. The van der Waals surface area contributed by atoms with Gasteiger partial charge in [0.15, 0.2) is 0 Å². The Morgan fingerprint density at radius 1 is 0.897 bits per heavy atom. The second-order valence-electron chi connectivity index (χ2n) is 11.6. The first-order valence-corrected chi connectivity index (χ1v) is 12.8. The number of esters is 1. The average Bonchev–Trinajstić information content (AvgIpc) is 2.85. The third-order valence-electron chi connectivity index (χ3n) is 6.06. The van der Waals surface area contributed by atoms with Crippen LogP contribution in [0.5, 0.6) is 0 Å². The number of nitrogens with zero attached hydrogens (tertiary/aromatic N) is 7. The van der Waals surface area contributed by atoms with E-state index in [1.807, 2.05) is 25.7 Å². The van der Waals surface area contributed by atoms with Crippen LogP contribution >= 0.6 is 0 Å². The molecule has 2 aliphatic rings. The van der Waals surface area contributed by atoms with Crippen molar-refractivity contribution in [1.29, 1.82) is 0 Å². The van der Waals surface area contributed by atoms with Gasteiger partial charge in [0.05, 0.1) is 24.3 Å². The third-order valence-corrected chi connectivity index (χ3v) is 6.06. The molecular formula is C26H35N7O6. The summed E-state index contributed by atoms with van der Waals surface area (Å²) >= 11 is 0. The zero-order valence-electron chi connectivity index (χ0n) is 23.2. The molecule has 0 radical (unpaired) electrons. The van der Waals surface area contributed by atoms with E-state index in [2.05, 4.69) is 15.0 Å². The Balaban J connectivity index is 1.53. The van der Waals surface area contributed by atoms with Gasteiger partial charge in [-0.3, -0.25) is 0 Å². The molecule has 1 unspecified atom stereocenters. The number of fused-ring (bicyclic) bond motifs is 1. The Bertz CT molecular complexity index is 1240. The maximum Gasteiger partial charge on any atom is 0.410 e. The number of carbonyl (C=O) groups is 3. The van der Waals surface area contributed by atoms with Gasteiger partial charge in [0.2, 0.25) is 11.9 Å². The summed E-state index contributed by atoms with van der Waals surface area (Å²) in [5.41, 5.74) is 0.377. The molecule has 1 atom stereocenters. The van der Waals surface area contributed by atoms with Gasteiger partial charge >= 0.3 is 18.0 Å². The molecule has 0 aromatic carbocycles. The minimum atomic E-state index is -1.13. The van der Waals surface area contributed by atoms with Crippen molar-refractivity contribution < 1.29 is 29.0 Å². The summed E-state index contributed by atoms with van der Waals surface area (Å²) in [6, 6.07) is -0.768. The lowest BCUT2D eigenvalue weighted by molar-refractivity contribution is -0.156. The van der Waals surface area contributed by atoms with Gasteiger partial charge in [-0.1, -0.05) is 0 Å². The Kier molecular flexibility index (Phi) is 7.62. The second kappa shape index (κ2) is 10.6. The highest BCUT2D eigenvalue weighted by atomic mass is 16.6. The van der Waals surface area contributed by atoms with Crippen LogP contribution < -0.4 is 9.80 Å². The number of hydrogen-bond acceptors (Lipinski definition) is 11. The van der Waals surface area contributed by atoms with Crippen LogP contribution in [0.2, 0.25) is 0 Å². The van der Waals surface area contributed by atoms with E-state index in [0.29, 0.717) is 38.5 Å². The van der Waals surface area contributed by atoms with Crippen LogP contribution in [0.1, 0.15) is 63.2 Å². The lowest BCUT2D eigenvalue weighted by Crippen LogP contribution is -2.58. The van der Waals surface area contributed by atoms with Crippen LogP contribution in [-0.2, 0) is 27.2 Å². The van der Waals surface area contributed by atoms with Crippen LogP contribution in [0.25, 0.3) is 0 Å². The van der Waals surface area contributed by atoms with Gasteiger partial charge in [0.25, 0.3) is 0 Å². The van der Waals surface area contributed by atoms with Crippen LogP contribution in [0.15, 0.2) is 18.6 Å². The molecule has 13 nitrogen and oxygen atoms in total. The number of rotatable bonds is 4. The monoisotopic (exact) mass is 541 g/mol. The highest BCUT2D eigenvalue weighted by molar-refractivity contribution is 5.87. The zero-order valence-corrected chi connectivity index (χ0v) is 23.2. The number of piperazine rings is 1. The van der Waals surface area contributed by atoms with Crippen molar-refractivity contribution in [3.8, 4) is 0 Å². The number of hydrogen-bond donors (Lipinski definition) is 1. The Morgan fingerprint density at radius 2 is 1.54 bits per heavy atom. The summed E-state index contributed by atoms with van der Waals surface area (Å²) in [4.78, 5) is 59.9. The van der Waals surface area contributed by atoms with Gasteiger partial charge in [0, 0.05) is 50.2 Å². The molecule has 0 spiro atoms. The Hall–Kier alpha value is -4.03. The Morgan fingerprint density at radius 3 is 2.15 bits per heavy atom. The average molecular weight is 542 g/mol. The summed E-state index contributed by atoms with van der Waals surface area (Å²) < 4.78 is 11.2. The van der Waals surface area contributed by atoms with Crippen molar-refractivity contribution in [2.75, 3.05) is 36.0 Å². The molecule has 39 heavy (non-hydrogen) atoms. The van der Waals surface area contributed by atoms with Crippen LogP contribution in [0.3, 0.4) is 0 Å². The van der Waals surface area contributed by atoms with Crippen molar-refractivity contribution in [1.82, 2.24) is 24.8 Å². The summed E-state index contributed by atoms with van der Waals surface area (Å²) in [5.74, 6) is -0.864. The van der Waals surface area contributed by atoms with E-state index in [1.165, 1.54) is 12.4 Å². The minimum Gasteiger partial charge on any atom is -0.478 e. The van der Waals surface area contributed by atoms with Gasteiger partial charge in [-0.2, -0.15) is 0 Å². The van der Waals surface area contributed by atoms with Crippen molar-refractivity contribution in [2.45, 2.75) is 71.8 Å². The van der Waals surface area contributed by atoms with Crippen LogP contribution in [-0.4, -0.2) is 91.4 Å². The SMILES string of the molecule is CC(C)(C)OC(=O)C1CN(c2ncc3c(n2)CCN(C(=O)OC(C)(C)C)C3)CCN1c1ncc(C(=O)O)cn1. The summed E-state index contributed by atoms with van der Waals surface area (Å²) in [5, 5.41) is 9.17. The summed E-state index contributed by atoms with van der Waals surface area (Å²) in [7, 11) is 0. The van der Waals surface area contributed by atoms with Crippen LogP contribution in [0.4, 0.5) is 16.7 Å². The normalized spacial score (nSPS) is 17.9. The Labute approximate surface area is 227 Å². The maximum atomic E-state index is 13.3. The molecule has 1 amide bonds. The fourth-order valence-electron chi connectivity index (χ4n) is 4.30. The predicted octanol–water partition coefficient (Wildman–Crippen LogP) is 2.29. The van der Waals surface area contributed by atoms with E-state index in [9.17, 15) is 19.5 Å². The number of carboxylic acid groups (broad SMARTS) is 1. The number of aromatic carboxylic acids is 1. The van der Waals surface area contributed by atoms with Gasteiger partial charge in [-0.05, 0) is 41.5 Å². The lowest BCUT2D eigenvalue weighted by atomic mass is 10.1. The van der Waals surface area contributed by atoms with Gasteiger partial charge in [0.1, 0.15) is 17.2 Å². The molecule has 2 aromatic rings. The molecule has 0 aliphatic carbocycles. The van der Waals surface area contributed by atoms with E-state index in [-0.39, 0.29) is 24.1 Å². The van der Waals surface area contributed by atoms with E-state index in [1.54, 1.807) is 36.8 Å². The molecular weight excluding hydrogens is 506 g/mol. The summed E-state index contributed by atoms with van der Waals surface area (Å²) in [6.45, 7) is 12.8. The smallest absolute Gasteiger partial charge is 0.410 e. The van der Waals surface area contributed by atoms with E-state index in [0.717, 1.165) is 11.3 Å². The number of carboxylic acids is 1. The van der Waals surface area contributed by atoms with E-state index >= 15 is 0 Å². The molecule has 4 rings (SSSR count). The first-order chi connectivity index (χ1) is 18.2. The van der Waals surface area contributed by atoms with Gasteiger partial charge in [-0.25, -0.2) is 34.3 Å². The first-order valence-electron chi connectivity index (χ1n) is 12.8. The molecule has 1 N–H and O–H groups in total. The quantitative estimate of drug-likeness (QED) is 0.565. The maximum absolute atomic E-state index is 13.3. The fourth-order valence-corrected chi connectivity index (χ4v) is 4.30.